The van der Waals surface area contributed by atoms with Gasteiger partial charge >= 0.3 is 0 Å². The number of nitrogens with zero attached hydrogens (tertiary/aromatic N) is 2. The van der Waals surface area contributed by atoms with Crippen LogP contribution in [0.25, 0.3) is 0 Å². The number of rotatable bonds is 0. The SMILES string of the molecule is NC1=NC=NC(=O)C1. The quantitative estimate of drug-likeness (QED) is 0.449. The second kappa shape index (κ2) is 1.73. The minimum Gasteiger partial charge on any atom is -0.387 e. The summed E-state index contributed by atoms with van der Waals surface area (Å²) in [6.07, 6.45) is 1.33. The molecule has 4 nitrogen and oxygen atoms in total. The molecular formula is C4H5N3O. The third-order valence-electron chi connectivity index (χ3n) is 0.758. The summed E-state index contributed by atoms with van der Waals surface area (Å²) >= 11 is 0. The summed E-state index contributed by atoms with van der Waals surface area (Å²) in [5.74, 6) is 0.113. The van der Waals surface area contributed by atoms with Crippen molar-refractivity contribution in [3.8, 4) is 0 Å². The molecule has 1 rings (SSSR count). The Bertz CT molecular complexity index is 170. The van der Waals surface area contributed by atoms with E-state index in [-0.39, 0.29) is 12.3 Å². The molecule has 0 unspecified atom stereocenters. The van der Waals surface area contributed by atoms with Gasteiger partial charge in [0.2, 0.25) is 0 Å². The van der Waals surface area contributed by atoms with Gasteiger partial charge in [-0.3, -0.25) is 4.79 Å². The van der Waals surface area contributed by atoms with Crippen molar-refractivity contribution in [1.82, 2.24) is 0 Å². The van der Waals surface area contributed by atoms with Crippen LogP contribution in [0.4, 0.5) is 0 Å². The molecule has 42 valence electrons. The number of amides is 1. The van der Waals surface area contributed by atoms with Crippen LogP contribution in [0, 0.1) is 0 Å². The molecule has 1 amide bonds. The van der Waals surface area contributed by atoms with E-state index in [1.165, 1.54) is 6.34 Å². The first-order chi connectivity index (χ1) is 3.79. The second-order valence-corrected chi connectivity index (χ2v) is 1.44. The van der Waals surface area contributed by atoms with Crippen LogP contribution in [-0.2, 0) is 4.79 Å². The average molecular weight is 111 g/mol. The van der Waals surface area contributed by atoms with Gasteiger partial charge in [0.1, 0.15) is 12.2 Å². The van der Waals surface area contributed by atoms with Crippen LogP contribution in [0.3, 0.4) is 0 Å². The molecule has 0 radical (unpaired) electrons. The Morgan fingerprint density at radius 2 is 2.50 bits per heavy atom. The van der Waals surface area contributed by atoms with Gasteiger partial charge in [0, 0.05) is 0 Å². The highest BCUT2D eigenvalue weighted by molar-refractivity contribution is 6.07. The molecule has 0 bridgehead atoms. The fourth-order valence-corrected chi connectivity index (χ4v) is 0.414. The van der Waals surface area contributed by atoms with Crippen molar-refractivity contribution in [2.45, 2.75) is 6.42 Å². The minimum absolute atomic E-state index is 0.163. The number of hydrogen-bond donors (Lipinski definition) is 1. The van der Waals surface area contributed by atoms with E-state index in [0.717, 1.165) is 0 Å². The summed E-state index contributed by atoms with van der Waals surface area (Å²) in [6, 6.07) is 0. The summed E-state index contributed by atoms with van der Waals surface area (Å²) in [5, 5.41) is 0. The zero-order valence-corrected chi connectivity index (χ0v) is 4.16. The van der Waals surface area contributed by atoms with E-state index < -0.39 is 0 Å². The summed E-state index contributed by atoms with van der Waals surface area (Å²) < 4.78 is 0. The first-order valence-corrected chi connectivity index (χ1v) is 2.16. The van der Waals surface area contributed by atoms with Gasteiger partial charge in [0.25, 0.3) is 5.91 Å². The lowest BCUT2D eigenvalue weighted by Gasteiger charge is -1.96. The van der Waals surface area contributed by atoms with Gasteiger partial charge in [0.15, 0.2) is 0 Å². The highest BCUT2D eigenvalue weighted by Gasteiger charge is 2.03. The molecule has 1 aliphatic heterocycles. The summed E-state index contributed by atoms with van der Waals surface area (Å²) in [7, 11) is 0. The molecule has 0 saturated carbocycles. The number of hydrogen-bond acceptors (Lipinski definition) is 3. The first kappa shape index (κ1) is 4.96. The molecule has 4 heteroatoms. The van der Waals surface area contributed by atoms with E-state index in [4.69, 9.17) is 5.73 Å². The molecule has 1 aliphatic rings. The lowest BCUT2D eigenvalue weighted by atomic mass is 10.4. The van der Waals surface area contributed by atoms with E-state index in [0.29, 0.717) is 5.84 Å². The molecule has 2 N–H and O–H groups in total. The maximum absolute atomic E-state index is 10.3. The number of aliphatic imine (C=N–C) groups is 2. The van der Waals surface area contributed by atoms with Gasteiger partial charge in [-0.05, 0) is 0 Å². The van der Waals surface area contributed by atoms with Crippen molar-refractivity contribution < 1.29 is 4.79 Å². The monoisotopic (exact) mass is 111 g/mol. The minimum atomic E-state index is -0.225. The molecular weight excluding hydrogens is 106 g/mol. The predicted octanol–water partition coefficient (Wildman–Crippen LogP) is -0.698. The van der Waals surface area contributed by atoms with Gasteiger partial charge in [-0.2, -0.15) is 0 Å². The zero-order valence-electron chi connectivity index (χ0n) is 4.16. The van der Waals surface area contributed by atoms with Crippen molar-refractivity contribution in [2.24, 2.45) is 15.7 Å². The second-order valence-electron chi connectivity index (χ2n) is 1.44. The van der Waals surface area contributed by atoms with Gasteiger partial charge in [-0.1, -0.05) is 0 Å². The van der Waals surface area contributed by atoms with Crippen molar-refractivity contribution in [1.29, 1.82) is 0 Å². The van der Waals surface area contributed by atoms with Crippen molar-refractivity contribution in [3.05, 3.63) is 0 Å². The van der Waals surface area contributed by atoms with Crippen molar-refractivity contribution >= 4 is 18.1 Å². The fraction of sp³-hybridized carbons (Fsp3) is 0.250. The molecule has 1 heterocycles. The molecule has 0 atom stereocenters. The molecule has 0 aromatic rings. The van der Waals surface area contributed by atoms with Crippen LogP contribution in [0.1, 0.15) is 6.42 Å². The van der Waals surface area contributed by atoms with Crippen molar-refractivity contribution in [2.75, 3.05) is 0 Å². The van der Waals surface area contributed by atoms with Crippen LogP contribution in [0.15, 0.2) is 9.98 Å². The summed E-state index contributed by atoms with van der Waals surface area (Å²) in [5.41, 5.74) is 5.16. The lowest BCUT2D eigenvalue weighted by molar-refractivity contribution is -0.116. The third kappa shape index (κ3) is 0.900. The average Bonchev–Trinajstić information content (AvgIpc) is 1.64. The Labute approximate surface area is 46.1 Å². The largest absolute Gasteiger partial charge is 0.387 e. The Morgan fingerprint density at radius 1 is 1.75 bits per heavy atom. The van der Waals surface area contributed by atoms with Crippen LogP contribution in [0.5, 0.6) is 0 Å². The van der Waals surface area contributed by atoms with Crippen LogP contribution >= 0.6 is 0 Å². The van der Waals surface area contributed by atoms with Gasteiger partial charge in [-0.25, -0.2) is 9.98 Å². The molecule has 0 fully saturated rings. The summed E-state index contributed by atoms with van der Waals surface area (Å²) in [4.78, 5) is 17.2. The zero-order chi connectivity index (χ0) is 5.98. The Balaban J connectivity index is 2.73. The number of nitrogens with two attached hydrogens (primary N) is 1. The Hall–Kier alpha value is -1.19. The number of amidine groups is 1. The van der Waals surface area contributed by atoms with Gasteiger partial charge < -0.3 is 5.73 Å². The highest BCUT2D eigenvalue weighted by atomic mass is 16.1. The van der Waals surface area contributed by atoms with E-state index in [1.54, 1.807) is 0 Å². The van der Waals surface area contributed by atoms with E-state index in [1.807, 2.05) is 0 Å². The Morgan fingerprint density at radius 3 is 2.88 bits per heavy atom. The molecule has 0 aromatic heterocycles. The smallest absolute Gasteiger partial charge is 0.254 e. The normalized spacial score (nSPS) is 18.5. The molecule has 0 aromatic carbocycles. The first-order valence-electron chi connectivity index (χ1n) is 2.16. The summed E-state index contributed by atoms with van der Waals surface area (Å²) in [6.45, 7) is 0. The van der Waals surface area contributed by atoms with Crippen LogP contribution < -0.4 is 5.73 Å². The van der Waals surface area contributed by atoms with Gasteiger partial charge in [0.05, 0.1) is 6.42 Å². The van der Waals surface area contributed by atoms with Gasteiger partial charge in [-0.15, -0.1) is 0 Å². The van der Waals surface area contributed by atoms with E-state index in [2.05, 4.69) is 9.98 Å². The third-order valence-corrected chi connectivity index (χ3v) is 0.758. The molecule has 0 aliphatic carbocycles. The maximum atomic E-state index is 10.3. The highest BCUT2D eigenvalue weighted by Crippen LogP contribution is 1.89. The molecule has 8 heavy (non-hydrogen) atoms. The topological polar surface area (TPSA) is 67.8 Å². The van der Waals surface area contributed by atoms with E-state index >= 15 is 0 Å². The maximum Gasteiger partial charge on any atom is 0.254 e. The molecule has 0 spiro atoms. The predicted molar refractivity (Wildman–Crippen MR) is 29.7 cm³/mol. The Kier molecular flexibility index (Phi) is 1.07. The number of carbonyl (C=O) groups excluding carboxylic acids is 1. The van der Waals surface area contributed by atoms with Crippen LogP contribution in [0.2, 0.25) is 0 Å². The standard InChI is InChI=1S/C4H5N3O/c5-3-1-4(8)7-2-6-3/h2H,1H2,(H2,5,6,7,8). The van der Waals surface area contributed by atoms with Crippen LogP contribution in [-0.4, -0.2) is 18.1 Å². The van der Waals surface area contributed by atoms with E-state index in [9.17, 15) is 4.79 Å². The number of carbonyl (C=O) groups is 1. The lowest BCUT2D eigenvalue weighted by Crippen LogP contribution is -2.18. The molecule has 0 saturated heterocycles. The fourth-order valence-electron chi connectivity index (χ4n) is 0.414. The van der Waals surface area contributed by atoms with Crippen molar-refractivity contribution in [3.63, 3.8) is 0 Å².